The fourth-order valence-corrected chi connectivity index (χ4v) is 1.91. The van der Waals surface area contributed by atoms with E-state index in [1.54, 1.807) is 23.9 Å². The number of rotatable bonds is 6. The monoisotopic (exact) mass is 299 g/mol. The van der Waals surface area contributed by atoms with Gasteiger partial charge in [-0.3, -0.25) is 0 Å². The number of aromatic nitrogens is 5. The maximum absolute atomic E-state index is 13.2. The van der Waals surface area contributed by atoms with Crippen LogP contribution in [-0.2, 0) is 17.8 Å². The van der Waals surface area contributed by atoms with Crippen molar-refractivity contribution in [3.8, 4) is 0 Å². The average Bonchev–Trinajstić information content (AvgIpc) is 3.05. The van der Waals surface area contributed by atoms with Crippen molar-refractivity contribution in [2.45, 2.75) is 33.4 Å². The molecule has 0 spiro atoms. The van der Waals surface area contributed by atoms with Crippen LogP contribution < -0.4 is 0 Å². The lowest BCUT2D eigenvalue weighted by atomic mass is 10.3. The lowest BCUT2D eigenvalue weighted by Gasteiger charge is -2.08. The number of aryl methyl sites for hydroxylation is 1. The minimum absolute atomic E-state index is 0.00686. The molecule has 2 rings (SSSR count). The van der Waals surface area contributed by atoms with Crippen LogP contribution >= 0.6 is 0 Å². The zero-order chi connectivity index (χ0) is 15.4. The van der Waals surface area contributed by atoms with Crippen LogP contribution in [0.3, 0.4) is 0 Å². The molecule has 2 aromatic heterocycles. The second kappa shape index (κ2) is 6.42. The highest BCUT2D eigenvalue weighted by Gasteiger charge is 2.28. The molecule has 0 atom stereocenters. The van der Waals surface area contributed by atoms with E-state index >= 15 is 0 Å². The van der Waals surface area contributed by atoms with Crippen molar-refractivity contribution in [3.63, 3.8) is 0 Å². The molecule has 0 bridgehead atoms. The van der Waals surface area contributed by atoms with Gasteiger partial charge in [0, 0.05) is 18.9 Å². The highest BCUT2D eigenvalue weighted by molar-refractivity contribution is 5.88. The fourth-order valence-electron chi connectivity index (χ4n) is 1.91. The van der Waals surface area contributed by atoms with Crippen LogP contribution in [-0.4, -0.2) is 37.1 Å². The number of carbonyl (C=O) groups excluding carboxylic acids is 1. The van der Waals surface area contributed by atoms with E-state index < -0.39 is 23.8 Å². The zero-order valence-corrected chi connectivity index (χ0v) is 11.7. The van der Waals surface area contributed by atoms with Crippen LogP contribution in [0.25, 0.3) is 0 Å². The number of esters is 1. The molecule has 114 valence electrons. The Bertz CT molecular complexity index is 623. The van der Waals surface area contributed by atoms with Gasteiger partial charge in [0.1, 0.15) is 18.1 Å². The van der Waals surface area contributed by atoms with E-state index in [0.717, 1.165) is 4.68 Å². The van der Waals surface area contributed by atoms with Gasteiger partial charge < -0.3 is 9.30 Å². The van der Waals surface area contributed by atoms with Gasteiger partial charge in [-0.25, -0.2) is 23.2 Å². The summed E-state index contributed by atoms with van der Waals surface area (Å²) in [5, 5.41) is 7.14. The summed E-state index contributed by atoms with van der Waals surface area (Å²) in [6.07, 6.45) is 0.425. The number of imidazole rings is 1. The van der Waals surface area contributed by atoms with Crippen LogP contribution in [0.4, 0.5) is 8.78 Å². The maximum atomic E-state index is 13.2. The van der Waals surface area contributed by atoms with Crippen molar-refractivity contribution in [2.75, 3.05) is 6.61 Å². The highest BCUT2D eigenvalue weighted by Crippen LogP contribution is 2.22. The van der Waals surface area contributed by atoms with Gasteiger partial charge in [-0.15, -0.1) is 5.10 Å². The molecule has 0 radical (unpaired) electrons. The maximum Gasteiger partial charge on any atom is 0.361 e. The van der Waals surface area contributed by atoms with Crippen molar-refractivity contribution < 1.29 is 18.3 Å². The third-order valence-corrected chi connectivity index (χ3v) is 2.88. The van der Waals surface area contributed by atoms with E-state index in [4.69, 9.17) is 4.74 Å². The summed E-state index contributed by atoms with van der Waals surface area (Å²) in [7, 11) is 0. The van der Waals surface area contributed by atoms with Crippen LogP contribution in [0.1, 0.15) is 42.3 Å². The van der Waals surface area contributed by atoms with Gasteiger partial charge in [-0.2, -0.15) is 0 Å². The zero-order valence-electron chi connectivity index (χ0n) is 11.7. The molecule has 2 heterocycles. The van der Waals surface area contributed by atoms with Crippen molar-refractivity contribution in [1.82, 2.24) is 24.5 Å². The number of ether oxygens (including phenoxy) is 1. The lowest BCUT2D eigenvalue weighted by Crippen LogP contribution is -2.14. The van der Waals surface area contributed by atoms with Crippen molar-refractivity contribution in [2.24, 2.45) is 0 Å². The summed E-state index contributed by atoms with van der Waals surface area (Å²) >= 11 is 0. The third kappa shape index (κ3) is 3.06. The van der Waals surface area contributed by atoms with Gasteiger partial charge in [-0.1, -0.05) is 5.21 Å². The Labute approximate surface area is 119 Å². The fraction of sp³-hybridized carbons (Fsp3) is 0.500. The van der Waals surface area contributed by atoms with E-state index in [9.17, 15) is 13.6 Å². The predicted molar refractivity (Wildman–Crippen MR) is 67.9 cm³/mol. The van der Waals surface area contributed by atoms with Gasteiger partial charge >= 0.3 is 5.97 Å². The summed E-state index contributed by atoms with van der Waals surface area (Å²) < 4.78 is 33.9. The van der Waals surface area contributed by atoms with Crippen LogP contribution in [0, 0.1) is 0 Å². The van der Waals surface area contributed by atoms with E-state index in [2.05, 4.69) is 15.3 Å². The summed E-state index contributed by atoms with van der Waals surface area (Å²) in [6.45, 7) is 4.23. The lowest BCUT2D eigenvalue weighted by molar-refractivity contribution is 0.0506. The van der Waals surface area contributed by atoms with E-state index in [1.807, 2.05) is 6.92 Å². The molecule has 0 N–H and O–H groups in total. The van der Waals surface area contributed by atoms with Crippen LogP contribution in [0.15, 0.2) is 12.4 Å². The molecule has 0 aliphatic carbocycles. The number of halogens is 2. The number of hydrogen-bond acceptors (Lipinski definition) is 5. The average molecular weight is 299 g/mol. The predicted octanol–water partition coefficient (Wildman–Crippen LogP) is 1.66. The van der Waals surface area contributed by atoms with Crippen LogP contribution in [0.5, 0.6) is 0 Å². The molecular weight excluding hydrogens is 284 g/mol. The summed E-state index contributed by atoms with van der Waals surface area (Å²) in [5.41, 5.74) is -1.01. The smallest absolute Gasteiger partial charge is 0.361 e. The minimum Gasteiger partial charge on any atom is -0.461 e. The standard InChI is InChI=1S/C12H15F2N5O2/c1-3-18-6-5-15-8(18)7-19-10(11(13)14)9(16-17-19)12(20)21-4-2/h5-6,11H,3-4,7H2,1-2H3. The van der Waals surface area contributed by atoms with Crippen molar-refractivity contribution >= 4 is 5.97 Å². The van der Waals surface area contributed by atoms with Gasteiger partial charge in [0.15, 0.2) is 5.69 Å². The van der Waals surface area contributed by atoms with E-state index in [0.29, 0.717) is 12.4 Å². The first-order chi connectivity index (χ1) is 10.1. The Balaban J connectivity index is 2.34. The van der Waals surface area contributed by atoms with Gasteiger partial charge in [0.05, 0.1) is 6.61 Å². The first-order valence-electron chi connectivity index (χ1n) is 6.47. The second-order valence-corrected chi connectivity index (χ2v) is 4.13. The Morgan fingerprint density at radius 3 is 2.81 bits per heavy atom. The first kappa shape index (κ1) is 15.1. The van der Waals surface area contributed by atoms with Crippen molar-refractivity contribution in [3.05, 3.63) is 29.6 Å². The molecule has 0 aliphatic heterocycles. The quantitative estimate of drug-likeness (QED) is 0.758. The summed E-state index contributed by atoms with van der Waals surface area (Å²) in [4.78, 5) is 15.7. The molecule has 0 aliphatic rings. The number of nitrogens with zero attached hydrogens (tertiary/aromatic N) is 5. The molecular formula is C12H15F2N5O2. The molecule has 0 aromatic carbocycles. The minimum atomic E-state index is -2.88. The molecule has 0 saturated heterocycles. The topological polar surface area (TPSA) is 74.8 Å². The molecule has 7 nitrogen and oxygen atoms in total. The first-order valence-corrected chi connectivity index (χ1v) is 6.47. The van der Waals surface area contributed by atoms with Crippen LogP contribution in [0.2, 0.25) is 0 Å². The summed E-state index contributed by atoms with van der Waals surface area (Å²) in [5.74, 6) is -0.349. The number of alkyl halides is 2. The molecule has 0 amide bonds. The molecule has 0 fully saturated rings. The Kier molecular flexibility index (Phi) is 4.61. The molecule has 0 unspecified atom stereocenters. The SMILES string of the molecule is CCOC(=O)c1nnn(Cc2nccn2CC)c1C(F)F. The van der Waals surface area contributed by atoms with E-state index in [-0.39, 0.29) is 13.2 Å². The number of hydrogen-bond donors (Lipinski definition) is 0. The molecule has 2 aromatic rings. The Hall–Kier alpha value is -2.32. The third-order valence-electron chi connectivity index (χ3n) is 2.88. The number of carbonyl (C=O) groups is 1. The van der Waals surface area contributed by atoms with Gasteiger partial charge in [0.25, 0.3) is 6.43 Å². The Morgan fingerprint density at radius 1 is 1.43 bits per heavy atom. The molecule has 0 saturated carbocycles. The molecule has 9 heteroatoms. The highest BCUT2D eigenvalue weighted by atomic mass is 19.3. The molecule has 21 heavy (non-hydrogen) atoms. The summed E-state index contributed by atoms with van der Waals surface area (Å²) in [6, 6.07) is 0. The van der Waals surface area contributed by atoms with Gasteiger partial charge in [0.2, 0.25) is 0 Å². The van der Waals surface area contributed by atoms with E-state index in [1.165, 1.54) is 0 Å². The normalized spacial score (nSPS) is 11.1. The Morgan fingerprint density at radius 2 is 2.19 bits per heavy atom. The van der Waals surface area contributed by atoms with Gasteiger partial charge in [-0.05, 0) is 13.8 Å². The largest absolute Gasteiger partial charge is 0.461 e. The second-order valence-electron chi connectivity index (χ2n) is 4.13. The van der Waals surface area contributed by atoms with Crippen molar-refractivity contribution in [1.29, 1.82) is 0 Å².